The molecule has 0 fully saturated rings. The monoisotopic (exact) mass is 162 g/mol. The first-order valence-electron chi connectivity index (χ1n) is 4.10. The molecule has 0 saturated carbocycles. The van der Waals surface area contributed by atoms with Crippen molar-refractivity contribution >= 4 is 5.57 Å². The van der Waals surface area contributed by atoms with Gasteiger partial charge in [0.1, 0.15) is 5.75 Å². The maximum atomic E-state index is 5.21. The Morgan fingerprint density at radius 3 is 2.67 bits per heavy atom. The van der Waals surface area contributed by atoms with Crippen LogP contribution in [-0.2, 0) is 0 Å². The molecule has 0 unspecified atom stereocenters. The molecule has 0 radical (unpaired) electrons. The van der Waals surface area contributed by atoms with Gasteiger partial charge < -0.3 is 4.74 Å². The number of benzene rings is 1. The summed E-state index contributed by atoms with van der Waals surface area (Å²) in [4.78, 5) is 0. The van der Waals surface area contributed by atoms with Crippen molar-refractivity contribution in [1.82, 2.24) is 0 Å². The summed E-state index contributed by atoms with van der Waals surface area (Å²) in [5.41, 5.74) is 2.23. The molecule has 0 aromatic heterocycles. The molecule has 0 saturated heterocycles. The normalized spacial score (nSPS) is 9.50. The van der Waals surface area contributed by atoms with Gasteiger partial charge in [0.15, 0.2) is 0 Å². The van der Waals surface area contributed by atoms with Crippen LogP contribution >= 0.6 is 0 Å². The fourth-order valence-electron chi connectivity index (χ4n) is 1.13. The van der Waals surface area contributed by atoms with Gasteiger partial charge in [0.2, 0.25) is 0 Å². The van der Waals surface area contributed by atoms with E-state index in [-0.39, 0.29) is 0 Å². The van der Waals surface area contributed by atoms with Gasteiger partial charge in [0.05, 0.1) is 7.11 Å². The highest BCUT2D eigenvalue weighted by molar-refractivity contribution is 5.68. The van der Waals surface area contributed by atoms with Crippen molar-refractivity contribution in [2.45, 2.75) is 13.3 Å². The van der Waals surface area contributed by atoms with Gasteiger partial charge in [-0.05, 0) is 18.1 Å². The molecule has 0 heterocycles. The van der Waals surface area contributed by atoms with Crippen molar-refractivity contribution in [3.05, 3.63) is 36.4 Å². The Balaban J connectivity index is 3.04. The lowest BCUT2D eigenvalue weighted by atomic mass is 10.0. The Morgan fingerprint density at radius 1 is 1.42 bits per heavy atom. The van der Waals surface area contributed by atoms with Crippen LogP contribution in [0, 0.1) is 0 Å². The van der Waals surface area contributed by atoms with Crippen molar-refractivity contribution in [2.24, 2.45) is 0 Å². The molecule has 1 rings (SSSR count). The van der Waals surface area contributed by atoms with E-state index in [1.807, 2.05) is 24.3 Å². The second-order valence-corrected chi connectivity index (χ2v) is 2.66. The third-order valence-corrected chi connectivity index (χ3v) is 1.91. The summed E-state index contributed by atoms with van der Waals surface area (Å²) in [5.74, 6) is 0.907. The van der Waals surface area contributed by atoms with Crippen molar-refractivity contribution in [1.29, 1.82) is 0 Å². The summed E-state index contributed by atoms with van der Waals surface area (Å²) in [6.45, 7) is 6.06. The highest BCUT2D eigenvalue weighted by Crippen LogP contribution is 2.25. The summed E-state index contributed by atoms with van der Waals surface area (Å²) in [6.07, 6.45) is 0.959. The van der Waals surface area contributed by atoms with Gasteiger partial charge in [-0.1, -0.05) is 31.7 Å². The molecule has 0 aliphatic carbocycles. The summed E-state index contributed by atoms with van der Waals surface area (Å²) >= 11 is 0. The highest BCUT2D eigenvalue weighted by Gasteiger charge is 2.02. The zero-order valence-corrected chi connectivity index (χ0v) is 7.63. The van der Waals surface area contributed by atoms with E-state index in [0.717, 1.165) is 23.3 Å². The van der Waals surface area contributed by atoms with Crippen LogP contribution in [-0.4, -0.2) is 7.11 Å². The number of allylic oxidation sites excluding steroid dienone is 1. The lowest BCUT2D eigenvalue weighted by Crippen LogP contribution is -1.89. The predicted octanol–water partition coefficient (Wildman–Crippen LogP) is 3.12. The molecule has 0 spiro atoms. The number of ether oxygens (including phenoxy) is 1. The molecule has 12 heavy (non-hydrogen) atoms. The van der Waals surface area contributed by atoms with Gasteiger partial charge >= 0.3 is 0 Å². The average Bonchev–Trinajstić information content (AvgIpc) is 2.16. The highest BCUT2D eigenvalue weighted by atomic mass is 16.5. The van der Waals surface area contributed by atoms with Crippen LogP contribution < -0.4 is 4.74 Å². The van der Waals surface area contributed by atoms with Crippen molar-refractivity contribution in [2.75, 3.05) is 7.11 Å². The van der Waals surface area contributed by atoms with E-state index in [2.05, 4.69) is 13.5 Å². The van der Waals surface area contributed by atoms with E-state index in [9.17, 15) is 0 Å². The van der Waals surface area contributed by atoms with Gasteiger partial charge in [-0.2, -0.15) is 0 Å². The second kappa shape index (κ2) is 3.96. The zero-order chi connectivity index (χ0) is 8.97. The van der Waals surface area contributed by atoms with Crippen molar-refractivity contribution in [3.63, 3.8) is 0 Å². The van der Waals surface area contributed by atoms with Crippen LogP contribution in [0.1, 0.15) is 18.9 Å². The van der Waals surface area contributed by atoms with Crippen molar-refractivity contribution < 1.29 is 4.74 Å². The summed E-state index contributed by atoms with van der Waals surface area (Å²) in [7, 11) is 1.68. The van der Waals surface area contributed by atoms with E-state index in [1.165, 1.54) is 0 Å². The first-order valence-corrected chi connectivity index (χ1v) is 4.10. The fraction of sp³-hybridized carbons (Fsp3) is 0.273. The number of rotatable bonds is 3. The molecule has 1 heteroatoms. The zero-order valence-electron chi connectivity index (χ0n) is 7.63. The third kappa shape index (κ3) is 1.67. The second-order valence-electron chi connectivity index (χ2n) is 2.66. The number of para-hydroxylation sites is 1. The minimum absolute atomic E-state index is 0.907. The van der Waals surface area contributed by atoms with Crippen LogP contribution in [0.4, 0.5) is 0 Å². The van der Waals surface area contributed by atoms with Gasteiger partial charge in [-0.15, -0.1) is 0 Å². The average molecular weight is 162 g/mol. The molecular formula is C11H14O. The molecule has 0 bridgehead atoms. The van der Waals surface area contributed by atoms with E-state index in [4.69, 9.17) is 4.74 Å². The molecule has 1 aromatic carbocycles. The first kappa shape index (κ1) is 8.85. The largest absolute Gasteiger partial charge is 0.496 e. The number of methoxy groups -OCH3 is 1. The van der Waals surface area contributed by atoms with E-state index in [0.29, 0.717) is 0 Å². The van der Waals surface area contributed by atoms with Crippen LogP contribution in [0.3, 0.4) is 0 Å². The van der Waals surface area contributed by atoms with Crippen LogP contribution in [0.2, 0.25) is 0 Å². The van der Waals surface area contributed by atoms with Crippen LogP contribution in [0.15, 0.2) is 30.8 Å². The predicted molar refractivity (Wildman–Crippen MR) is 52.3 cm³/mol. The standard InChI is InChI=1S/C11H14O/c1-4-9(2)10-7-5-6-8-11(10)12-3/h5-8H,2,4H2,1,3H3. The Kier molecular flexibility index (Phi) is 2.92. The molecule has 1 aromatic rings. The number of hydrogen-bond acceptors (Lipinski definition) is 1. The molecule has 0 aliphatic rings. The maximum absolute atomic E-state index is 5.21. The fourth-order valence-corrected chi connectivity index (χ4v) is 1.13. The molecular weight excluding hydrogens is 148 g/mol. The topological polar surface area (TPSA) is 9.23 Å². The van der Waals surface area contributed by atoms with E-state index in [1.54, 1.807) is 7.11 Å². The van der Waals surface area contributed by atoms with Crippen LogP contribution in [0.25, 0.3) is 5.57 Å². The minimum Gasteiger partial charge on any atom is -0.496 e. The maximum Gasteiger partial charge on any atom is 0.126 e. The first-order chi connectivity index (χ1) is 5.79. The van der Waals surface area contributed by atoms with Gasteiger partial charge in [-0.25, -0.2) is 0 Å². The summed E-state index contributed by atoms with van der Waals surface area (Å²) in [6, 6.07) is 7.95. The Labute approximate surface area is 73.7 Å². The van der Waals surface area contributed by atoms with Crippen molar-refractivity contribution in [3.8, 4) is 5.75 Å². The minimum atomic E-state index is 0.907. The quantitative estimate of drug-likeness (QED) is 0.663. The lowest BCUT2D eigenvalue weighted by molar-refractivity contribution is 0.413. The SMILES string of the molecule is C=C(CC)c1ccccc1OC. The Hall–Kier alpha value is -1.24. The molecule has 64 valence electrons. The number of hydrogen-bond donors (Lipinski definition) is 0. The van der Waals surface area contributed by atoms with Crippen LogP contribution in [0.5, 0.6) is 5.75 Å². The summed E-state index contributed by atoms with van der Waals surface area (Å²) < 4.78 is 5.21. The third-order valence-electron chi connectivity index (χ3n) is 1.91. The van der Waals surface area contributed by atoms with E-state index < -0.39 is 0 Å². The lowest BCUT2D eigenvalue weighted by Gasteiger charge is -2.08. The smallest absolute Gasteiger partial charge is 0.126 e. The Bertz CT molecular complexity index is 276. The molecule has 0 amide bonds. The van der Waals surface area contributed by atoms with Gasteiger partial charge in [-0.3, -0.25) is 0 Å². The Morgan fingerprint density at radius 2 is 2.08 bits per heavy atom. The molecule has 0 aliphatic heterocycles. The van der Waals surface area contributed by atoms with E-state index >= 15 is 0 Å². The van der Waals surface area contributed by atoms with Gasteiger partial charge in [0, 0.05) is 5.56 Å². The molecule has 0 atom stereocenters. The summed E-state index contributed by atoms with van der Waals surface area (Å²) in [5, 5.41) is 0. The molecule has 0 N–H and O–H groups in total. The van der Waals surface area contributed by atoms with Gasteiger partial charge in [0.25, 0.3) is 0 Å². The molecule has 1 nitrogen and oxygen atoms in total.